The van der Waals surface area contributed by atoms with Crippen LogP contribution in [0.3, 0.4) is 0 Å². The fourth-order valence-corrected chi connectivity index (χ4v) is 2.62. The lowest BCUT2D eigenvalue weighted by Gasteiger charge is -2.16. The van der Waals surface area contributed by atoms with Gasteiger partial charge >= 0.3 is 0 Å². The smallest absolute Gasteiger partial charge is 0.246 e. The lowest BCUT2D eigenvalue weighted by atomic mass is 10.1. The molecule has 2 N–H and O–H groups in total. The summed E-state index contributed by atoms with van der Waals surface area (Å²) in [6, 6.07) is 26.6. The number of nitrogens with one attached hydrogen (secondary N) is 2. The fraction of sp³-hybridized carbons (Fsp3) is 0.0909. The first-order chi connectivity index (χ1) is 12.7. The predicted molar refractivity (Wildman–Crippen MR) is 105 cm³/mol. The Bertz CT molecular complexity index is 928. The molecule has 0 spiro atoms. The molecule has 4 nitrogen and oxygen atoms in total. The number of benzene rings is 3. The molecular formula is C22H19N3O. The summed E-state index contributed by atoms with van der Waals surface area (Å²) in [5.41, 5.74) is 4.28. The van der Waals surface area contributed by atoms with E-state index >= 15 is 0 Å². The molecule has 128 valence electrons. The van der Waals surface area contributed by atoms with Gasteiger partial charge in [0.15, 0.2) is 0 Å². The monoisotopic (exact) mass is 341 g/mol. The quantitative estimate of drug-likeness (QED) is 0.709. The normalized spacial score (nSPS) is 11.2. The van der Waals surface area contributed by atoms with Gasteiger partial charge in [-0.05, 0) is 48.4 Å². The van der Waals surface area contributed by atoms with Crippen molar-refractivity contribution in [2.24, 2.45) is 0 Å². The topological polar surface area (TPSA) is 64.9 Å². The van der Waals surface area contributed by atoms with Gasteiger partial charge in [0.25, 0.3) is 0 Å². The maximum Gasteiger partial charge on any atom is 0.246 e. The zero-order chi connectivity index (χ0) is 18.4. The first-order valence-electron chi connectivity index (χ1n) is 8.39. The Labute approximate surface area is 153 Å². The van der Waals surface area contributed by atoms with Crippen LogP contribution in [0, 0.1) is 11.3 Å². The van der Waals surface area contributed by atoms with Crippen LogP contribution in [-0.4, -0.2) is 11.9 Å². The first-order valence-corrected chi connectivity index (χ1v) is 8.39. The van der Waals surface area contributed by atoms with Crippen LogP contribution in [0.5, 0.6) is 0 Å². The van der Waals surface area contributed by atoms with Crippen LogP contribution in [0.15, 0.2) is 78.9 Å². The molecule has 0 aromatic heterocycles. The van der Waals surface area contributed by atoms with E-state index in [1.54, 1.807) is 31.2 Å². The first kappa shape index (κ1) is 17.2. The molecule has 0 aliphatic carbocycles. The van der Waals surface area contributed by atoms with E-state index in [9.17, 15) is 4.79 Å². The van der Waals surface area contributed by atoms with Gasteiger partial charge in [0.2, 0.25) is 5.91 Å². The minimum absolute atomic E-state index is 0.160. The van der Waals surface area contributed by atoms with Crippen LogP contribution in [0.25, 0.3) is 11.1 Å². The molecule has 0 saturated heterocycles. The van der Waals surface area contributed by atoms with E-state index < -0.39 is 6.04 Å². The van der Waals surface area contributed by atoms with Gasteiger partial charge in [-0.2, -0.15) is 5.26 Å². The number of carbonyl (C=O) groups is 1. The van der Waals surface area contributed by atoms with E-state index in [1.807, 2.05) is 42.5 Å². The van der Waals surface area contributed by atoms with Crippen molar-refractivity contribution < 1.29 is 4.79 Å². The van der Waals surface area contributed by atoms with Crippen molar-refractivity contribution in [3.8, 4) is 17.2 Å². The summed E-state index contributed by atoms with van der Waals surface area (Å²) in [7, 11) is 0. The largest absolute Gasteiger partial charge is 0.374 e. The molecule has 0 bridgehead atoms. The van der Waals surface area contributed by atoms with Crippen molar-refractivity contribution >= 4 is 17.3 Å². The lowest BCUT2D eigenvalue weighted by Crippen LogP contribution is -2.31. The summed E-state index contributed by atoms with van der Waals surface area (Å²) in [5, 5.41) is 14.9. The zero-order valence-electron chi connectivity index (χ0n) is 14.4. The van der Waals surface area contributed by atoms with Crippen molar-refractivity contribution in [1.82, 2.24) is 0 Å². The number of nitrogens with zero attached hydrogens (tertiary/aromatic N) is 1. The van der Waals surface area contributed by atoms with E-state index in [0.717, 1.165) is 16.8 Å². The van der Waals surface area contributed by atoms with Gasteiger partial charge in [-0.1, -0.05) is 48.5 Å². The van der Waals surface area contributed by atoms with Crippen molar-refractivity contribution in [3.63, 3.8) is 0 Å². The molecule has 0 saturated carbocycles. The maximum absolute atomic E-state index is 12.3. The molecule has 0 radical (unpaired) electrons. The summed E-state index contributed by atoms with van der Waals surface area (Å²) in [4.78, 5) is 12.3. The molecule has 0 fully saturated rings. The molecule has 26 heavy (non-hydrogen) atoms. The summed E-state index contributed by atoms with van der Waals surface area (Å²) in [5.74, 6) is -0.160. The fourth-order valence-electron chi connectivity index (χ4n) is 2.62. The van der Waals surface area contributed by atoms with Crippen LogP contribution in [0.2, 0.25) is 0 Å². The van der Waals surface area contributed by atoms with Gasteiger partial charge in [-0.3, -0.25) is 4.79 Å². The third kappa shape index (κ3) is 4.28. The number of hydrogen-bond acceptors (Lipinski definition) is 3. The van der Waals surface area contributed by atoms with Crippen molar-refractivity contribution in [2.45, 2.75) is 13.0 Å². The Hall–Kier alpha value is -3.58. The van der Waals surface area contributed by atoms with Crippen LogP contribution < -0.4 is 10.6 Å². The van der Waals surface area contributed by atoms with E-state index in [1.165, 1.54) is 0 Å². The summed E-state index contributed by atoms with van der Waals surface area (Å²) in [6.45, 7) is 1.80. The molecule has 3 aromatic carbocycles. The number of amides is 1. The second-order valence-electron chi connectivity index (χ2n) is 5.99. The number of hydrogen-bond donors (Lipinski definition) is 2. The second kappa shape index (κ2) is 8.00. The van der Waals surface area contributed by atoms with Crippen molar-refractivity contribution in [1.29, 1.82) is 5.26 Å². The van der Waals surface area contributed by atoms with E-state index in [-0.39, 0.29) is 5.91 Å². The van der Waals surface area contributed by atoms with E-state index in [0.29, 0.717) is 11.3 Å². The minimum Gasteiger partial charge on any atom is -0.374 e. The molecule has 3 aromatic rings. The Balaban J connectivity index is 1.63. The van der Waals surface area contributed by atoms with Gasteiger partial charge in [0, 0.05) is 11.4 Å². The van der Waals surface area contributed by atoms with E-state index in [4.69, 9.17) is 5.26 Å². The molecule has 0 aliphatic heterocycles. The van der Waals surface area contributed by atoms with Gasteiger partial charge < -0.3 is 10.6 Å². The predicted octanol–water partition coefficient (Wildman–Crippen LogP) is 4.66. The van der Waals surface area contributed by atoms with Gasteiger partial charge in [0.05, 0.1) is 11.6 Å². The summed E-state index contributed by atoms with van der Waals surface area (Å²) < 4.78 is 0. The van der Waals surface area contributed by atoms with Crippen molar-refractivity contribution in [2.75, 3.05) is 10.6 Å². The minimum atomic E-state index is -0.414. The van der Waals surface area contributed by atoms with E-state index in [2.05, 4.69) is 28.8 Å². The Kier molecular flexibility index (Phi) is 5.31. The van der Waals surface area contributed by atoms with Crippen molar-refractivity contribution in [3.05, 3.63) is 84.4 Å². The number of rotatable bonds is 5. The third-order valence-corrected chi connectivity index (χ3v) is 4.03. The Morgan fingerprint density at radius 1 is 0.885 bits per heavy atom. The summed E-state index contributed by atoms with van der Waals surface area (Å²) in [6.07, 6.45) is 0. The second-order valence-corrected chi connectivity index (χ2v) is 5.99. The van der Waals surface area contributed by atoms with Crippen LogP contribution >= 0.6 is 0 Å². The van der Waals surface area contributed by atoms with Gasteiger partial charge in [-0.15, -0.1) is 0 Å². The molecule has 0 heterocycles. The molecule has 3 rings (SSSR count). The van der Waals surface area contributed by atoms with Gasteiger partial charge in [-0.25, -0.2) is 0 Å². The molecule has 0 unspecified atom stereocenters. The number of carbonyl (C=O) groups excluding carboxylic acids is 1. The standard InChI is InChI=1S/C22H19N3O/c1-16(22(26)25-21-9-5-6-17(14-21)15-23)24-20-12-10-19(11-13-20)18-7-3-2-4-8-18/h2-14,16,24H,1H3,(H,25,26)/t16-/m0/s1. The highest BCUT2D eigenvalue weighted by Gasteiger charge is 2.13. The molecule has 1 atom stereocenters. The summed E-state index contributed by atoms with van der Waals surface area (Å²) >= 11 is 0. The molecule has 1 amide bonds. The van der Waals surface area contributed by atoms with Crippen LogP contribution in [0.1, 0.15) is 12.5 Å². The van der Waals surface area contributed by atoms with Gasteiger partial charge in [0.1, 0.15) is 6.04 Å². The Morgan fingerprint density at radius 2 is 1.58 bits per heavy atom. The SMILES string of the molecule is C[C@H](Nc1ccc(-c2ccccc2)cc1)C(=O)Nc1cccc(C#N)c1. The maximum atomic E-state index is 12.3. The zero-order valence-corrected chi connectivity index (χ0v) is 14.4. The molecular weight excluding hydrogens is 322 g/mol. The molecule has 4 heteroatoms. The average Bonchev–Trinajstić information content (AvgIpc) is 2.69. The highest BCUT2D eigenvalue weighted by molar-refractivity contribution is 5.96. The Morgan fingerprint density at radius 3 is 2.27 bits per heavy atom. The number of anilines is 2. The molecule has 0 aliphatic rings. The average molecular weight is 341 g/mol. The highest BCUT2D eigenvalue weighted by atomic mass is 16.2. The highest BCUT2D eigenvalue weighted by Crippen LogP contribution is 2.21. The van der Waals surface area contributed by atoms with Crippen LogP contribution in [-0.2, 0) is 4.79 Å². The number of nitriles is 1. The lowest BCUT2D eigenvalue weighted by molar-refractivity contribution is -0.116. The van der Waals surface area contributed by atoms with Crippen LogP contribution in [0.4, 0.5) is 11.4 Å². The third-order valence-electron chi connectivity index (χ3n) is 4.03.